The van der Waals surface area contributed by atoms with Crippen LogP contribution in [0.1, 0.15) is 49.7 Å². The van der Waals surface area contributed by atoms with Crippen molar-refractivity contribution in [1.82, 2.24) is 10.2 Å². The van der Waals surface area contributed by atoms with Crippen molar-refractivity contribution in [2.45, 2.75) is 63.5 Å². The van der Waals surface area contributed by atoms with Crippen molar-refractivity contribution in [3.8, 4) is 0 Å². The molecule has 2 aromatic carbocycles. The van der Waals surface area contributed by atoms with Gasteiger partial charge in [-0.15, -0.1) is 0 Å². The molecule has 1 saturated carbocycles. The first-order valence-electron chi connectivity index (χ1n) is 11.3. The topological polar surface area (TPSA) is 61.4 Å². The van der Waals surface area contributed by atoms with E-state index in [1.54, 1.807) is 0 Å². The van der Waals surface area contributed by atoms with Crippen molar-refractivity contribution in [1.29, 1.82) is 0 Å². The monoisotopic (exact) mass is 455 g/mol. The molecule has 0 spiro atoms. The molecule has 5 nitrogen and oxygen atoms in total. The summed E-state index contributed by atoms with van der Waals surface area (Å²) in [5.74, 6) is -0.193. The molecule has 2 aromatic rings. The van der Waals surface area contributed by atoms with E-state index < -0.39 is 0 Å². The van der Waals surface area contributed by atoms with E-state index in [4.69, 9.17) is 11.6 Å². The van der Waals surface area contributed by atoms with Crippen molar-refractivity contribution < 1.29 is 9.59 Å². The fraction of sp³-hybridized carbons (Fsp3) is 0.462. The van der Waals surface area contributed by atoms with E-state index in [1.165, 1.54) is 5.56 Å². The minimum Gasteiger partial charge on any atom is -0.353 e. The van der Waals surface area contributed by atoms with Crippen LogP contribution >= 0.6 is 11.6 Å². The Kier molecular flexibility index (Phi) is 8.32. The van der Waals surface area contributed by atoms with E-state index in [1.807, 2.05) is 49.4 Å². The number of likely N-dealkylation sites (N-methyl/N-ethyl adjacent to an activating group) is 1. The first kappa shape index (κ1) is 24.3. The third-order valence-corrected chi connectivity index (χ3v) is 6.80. The summed E-state index contributed by atoms with van der Waals surface area (Å²) in [6.45, 7) is 2.00. The van der Waals surface area contributed by atoms with Crippen molar-refractivity contribution in [3.05, 3.63) is 64.7 Å². The average molecular weight is 456 g/mol. The lowest BCUT2D eigenvalue weighted by Gasteiger charge is -2.45. The number of hydrogen-bond acceptors (Lipinski definition) is 3. The molecule has 1 fully saturated rings. The van der Waals surface area contributed by atoms with Gasteiger partial charge in [0, 0.05) is 35.1 Å². The standard InChI is InChI=1S/C26H34ClN3O2/c1-19-7-9-22(10-8-19)28-24(31)11-12-25(32)29-23-13-15-26(16-14-23,30(2)3)18-20-5-4-6-21(27)17-20/h4-10,17,23H,11-16,18H2,1-3H3,(H,28,31)(H,29,32). The molecular formula is C26H34ClN3O2. The molecule has 0 saturated heterocycles. The van der Waals surface area contributed by atoms with E-state index in [9.17, 15) is 9.59 Å². The molecule has 3 rings (SSSR count). The number of nitrogens with one attached hydrogen (secondary N) is 2. The van der Waals surface area contributed by atoms with E-state index >= 15 is 0 Å². The Balaban J connectivity index is 1.45. The molecular weight excluding hydrogens is 422 g/mol. The number of anilines is 1. The molecule has 32 heavy (non-hydrogen) atoms. The van der Waals surface area contributed by atoms with Crippen LogP contribution in [-0.2, 0) is 16.0 Å². The highest BCUT2D eigenvalue weighted by Crippen LogP contribution is 2.36. The highest BCUT2D eigenvalue weighted by Gasteiger charge is 2.37. The highest BCUT2D eigenvalue weighted by atomic mass is 35.5. The van der Waals surface area contributed by atoms with Crippen LogP contribution in [0.2, 0.25) is 5.02 Å². The third kappa shape index (κ3) is 6.81. The zero-order valence-electron chi connectivity index (χ0n) is 19.3. The summed E-state index contributed by atoms with van der Waals surface area (Å²) < 4.78 is 0. The van der Waals surface area contributed by atoms with Crippen molar-refractivity contribution in [2.24, 2.45) is 0 Å². The largest absolute Gasteiger partial charge is 0.353 e. The molecule has 1 aliphatic rings. The average Bonchev–Trinajstić information content (AvgIpc) is 2.75. The number of nitrogens with zero attached hydrogens (tertiary/aromatic N) is 1. The maximum atomic E-state index is 12.4. The van der Waals surface area contributed by atoms with E-state index in [0.29, 0.717) is 0 Å². The summed E-state index contributed by atoms with van der Waals surface area (Å²) in [6.07, 6.45) is 5.20. The maximum Gasteiger partial charge on any atom is 0.224 e. The normalized spacial score (nSPS) is 20.7. The second kappa shape index (κ2) is 11.0. The predicted octanol–water partition coefficient (Wildman–Crippen LogP) is 4.97. The molecule has 0 heterocycles. The molecule has 0 aliphatic heterocycles. The minimum atomic E-state index is -0.138. The van der Waals surface area contributed by atoms with Crippen LogP contribution in [0.15, 0.2) is 48.5 Å². The smallest absolute Gasteiger partial charge is 0.224 e. The Hall–Kier alpha value is -2.37. The first-order valence-corrected chi connectivity index (χ1v) is 11.7. The summed E-state index contributed by atoms with van der Waals surface area (Å²) in [7, 11) is 4.27. The third-order valence-electron chi connectivity index (χ3n) is 6.57. The number of halogens is 1. The first-order chi connectivity index (χ1) is 15.3. The van der Waals surface area contributed by atoms with Gasteiger partial charge in [-0.3, -0.25) is 9.59 Å². The lowest BCUT2D eigenvalue weighted by Crippen LogP contribution is -2.52. The Bertz CT molecular complexity index is 919. The summed E-state index contributed by atoms with van der Waals surface area (Å²) in [4.78, 5) is 26.9. The summed E-state index contributed by atoms with van der Waals surface area (Å²) in [5.41, 5.74) is 3.21. The van der Waals surface area contributed by atoms with Crippen molar-refractivity contribution in [3.63, 3.8) is 0 Å². The molecule has 172 valence electrons. The van der Waals surface area contributed by atoms with Crippen LogP contribution in [0.3, 0.4) is 0 Å². The number of amides is 2. The molecule has 2 N–H and O–H groups in total. The van der Waals surface area contributed by atoms with Gasteiger partial charge in [-0.1, -0.05) is 41.4 Å². The lowest BCUT2D eigenvalue weighted by molar-refractivity contribution is -0.125. The van der Waals surface area contributed by atoms with Gasteiger partial charge in [0.1, 0.15) is 0 Å². The van der Waals surface area contributed by atoms with Gasteiger partial charge in [-0.05, 0) is 83.0 Å². The predicted molar refractivity (Wildman–Crippen MR) is 131 cm³/mol. The van der Waals surface area contributed by atoms with Crippen LogP contribution < -0.4 is 10.6 Å². The summed E-state index contributed by atoms with van der Waals surface area (Å²) >= 11 is 6.18. The second-order valence-corrected chi connectivity index (χ2v) is 9.62. The Morgan fingerprint density at radius 3 is 2.31 bits per heavy atom. The maximum absolute atomic E-state index is 12.4. The van der Waals surface area contributed by atoms with Gasteiger partial charge in [-0.25, -0.2) is 0 Å². The number of hydrogen-bond donors (Lipinski definition) is 2. The molecule has 2 amide bonds. The van der Waals surface area contributed by atoms with Gasteiger partial charge in [0.05, 0.1) is 0 Å². The molecule has 0 bridgehead atoms. The molecule has 0 radical (unpaired) electrons. The van der Waals surface area contributed by atoms with Crippen LogP contribution in [0, 0.1) is 6.92 Å². The summed E-state index contributed by atoms with van der Waals surface area (Å²) in [6, 6.07) is 15.9. The van der Waals surface area contributed by atoms with Gasteiger partial charge < -0.3 is 15.5 Å². The van der Waals surface area contributed by atoms with Gasteiger partial charge in [0.25, 0.3) is 0 Å². The van der Waals surface area contributed by atoms with E-state index in [0.717, 1.165) is 48.4 Å². The van der Waals surface area contributed by atoms with Crippen LogP contribution in [-0.4, -0.2) is 42.4 Å². The van der Waals surface area contributed by atoms with Gasteiger partial charge in [-0.2, -0.15) is 0 Å². The number of carbonyl (C=O) groups is 2. The Labute approximate surface area is 196 Å². The van der Waals surface area contributed by atoms with Gasteiger partial charge in [0.15, 0.2) is 0 Å². The minimum absolute atomic E-state index is 0.0544. The molecule has 0 atom stereocenters. The number of aryl methyl sites for hydroxylation is 1. The molecule has 0 aromatic heterocycles. The second-order valence-electron chi connectivity index (χ2n) is 9.18. The van der Waals surface area contributed by atoms with Gasteiger partial charge >= 0.3 is 0 Å². The number of carbonyl (C=O) groups excluding carboxylic acids is 2. The zero-order valence-corrected chi connectivity index (χ0v) is 20.0. The lowest BCUT2D eigenvalue weighted by atomic mass is 9.75. The highest BCUT2D eigenvalue weighted by molar-refractivity contribution is 6.30. The quantitative estimate of drug-likeness (QED) is 0.590. The molecule has 1 aliphatic carbocycles. The number of benzene rings is 2. The fourth-order valence-corrected chi connectivity index (χ4v) is 4.71. The number of rotatable bonds is 8. The van der Waals surface area contributed by atoms with Crippen LogP contribution in [0.4, 0.5) is 5.69 Å². The zero-order chi connectivity index (χ0) is 23.1. The molecule has 6 heteroatoms. The molecule has 0 unspecified atom stereocenters. The van der Waals surface area contributed by atoms with Crippen molar-refractivity contribution in [2.75, 3.05) is 19.4 Å². The van der Waals surface area contributed by atoms with E-state index in [-0.39, 0.29) is 36.2 Å². The Morgan fingerprint density at radius 1 is 1.03 bits per heavy atom. The van der Waals surface area contributed by atoms with E-state index in [2.05, 4.69) is 35.7 Å². The SMILES string of the molecule is Cc1ccc(NC(=O)CCC(=O)NC2CCC(Cc3cccc(Cl)c3)(N(C)C)CC2)cc1. The van der Waals surface area contributed by atoms with Crippen molar-refractivity contribution >= 4 is 29.1 Å². The Morgan fingerprint density at radius 2 is 1.69 bits per heavy atom. The fourth-order valence-electron chi connectivity index (χ4n) is 4.50. The van der Waals surface area contributed by atoms with Gasteiger partial charge in [0.2, 0.25) is 11.8 Å². The van der Waals surface area contributed by atoms with Crippen LogP contribution in [0.5, 0.6) is 0 Å². The summed E-state index contributed by atoms with van der Waals surface area (Å²) in [5, 5.41) is 6.75. The van der Waals surface area contributed by atoms with Crippen LogP contribution in [0.25, 0.3) is 0 Å².